The maximum Gasteiger partial charge on any atom is 0.407 e. The van der Waals surface area contributed by atoms with Crippen molar-refractivity contribution in [1.82, 2.24) is 45.1 Å². The summed E-state index contributed by atoms with van der Waals surface area (Å²) < 4.78 is 7.20. The first-order valence-corrected chi connectivity index (χ1v) is 9.41. The Kier molecular flexibility index (Phi) is 4.30. The van der Waals surface area contributed by atoms with Gasteiger partial charge in [0.25, 0.3) is 0 Å². The molecular weight excluding hydrogens is 378 g/mol. The Hall–Kier alpha value is -3.57. The summed E-state index contributed by atoms with van der Waals surface area (Å²) in [7, 11) is 0. The fourth-order valence-electron chi connectivity index (χ4n) is 4.22. The monoisotopic (exact) mass is 397 g/mol. The molecule has 0 spiro atoms. The molecule has 3 aromatic rings. The Morgan fingerprint density at radius 1 is 1.17 bits per heavy atom. The number of ether oxygens (including phenoxy) is 1. The number of fused-ring (bicyclic) bond motifs is 2. The van der Waals surface area contributed by atoms with Gasteiger partial charge in [0.15, 0.2) is 5.82 Å². The van der Waals surface area contributed by atoms with E-state index in [4.69, 9.17) is 4.74 Å². The Morgan fingerprint density at radius 2 is 2.00 bits per heavy atom. The molecule has 12 nitrogen and oxygen atoms in total. The van der Waals surface area contributed by atoms with Crippen molar-refractivity contribution in [2.45, 2.75) is 50.4 Å². The quantitative estimate of drug-likeness (QED) is 0.670. The molecule has 1 amide bonds. The average molecular weight is 397 g/mol. The number of amides is 1. The summed E-state index contributed by atoms with van der Waals surface area (Å²) in [5.74, 6) is 1.19. The number of carbonyl (C=O) groups is 1. The third-order valence-electron chi connectivity index (χ3n) is 5.50. The van der Waals surface area contributed by atoms with Gasteiger partial charge in [-0.1, -0.05) is 0 Å². The molecule has 2 fully saturated rings. The molecule has 29 heavy (non-hydrogen) atoms. The Balaban J connectivity index is 1.20. The zero-order valence-corrected chi connectivity index (χ0v) is 15.4. The third-order valence-corrected chi connectivity index (χ3v) is 5.50. The van der Waals surface area contributed by atoms with Gasteiger partial charge in [-0.15, -0.1) is 5.10 Å². The largest absolute Gasteiger partial charge is 0.486 e. The summed E-state index contributed by atoms with van der Waals surface area (Å²) in [4.78, 5) is 19.0. The van der Waals surface area contributed by atoms with Crippen molar-refractivity contribution < 1.29 is 14.6 Å². The van der Waals surface area contributed by atoms with Crippen molar-refractivity contribution in [2.75, 3.05) is 0 Å². The van der Waals surface area contributed by atoms with Gasteiger partial charge in [-0.2, -0.15) is 19.7 Å². The molecule has 1 N–H and O–H groups in total. The van der Waals surface area contributed by atoms with Crippen LogP contribution in [-0.2, 0) is 6.61 Å². The fourth-order valence-corrected chi connectivity index (χ4v) is 4.22. The van der Waals surface area contributed by atoms with Crippen LogP contribution in [0.25, 0.3) is 5.82 Å². The molecule has 2 unspecified atom stereocenters. The first kappa shape index (κ1) is 17.5. The zero-order chi connectivity index (χ0) is 19.8. The first-order valence-electron chi connectivity index (χ1n) is 9.41. The minimum absolute atomic E-state index is 0.0618. The molecule has 5 rings (SSSR count). The lowest BCUT2D eigenvalue weighted by Gasteiger charge is -2.36. The predicted molar refractivity (Wildman–Crippen MR) is 96.2 cm³/mol. The highest BCUT2D eigenvalue weighted by molar-refractivity contribution is 5.66. The minimum Gasteiger partial charge on any atom is -0.486 e. The molecule has 2 aliphatic heterocycles. The van der Waals surface area contributed by atoms with Gasteiger partial charge in [-0.3, -0.25) is 0 Å². The van der Waals surface area contributed by atoms with Gasteiger partial charge < -0.3 is 14.7 Å². The van der Waals surface area contributed by atoms with Crippen LogP contribution in [0.3, 0.4) is 0 Å². The highest BCUT2D eigenvalue weighted by Gasteiger charge is 2.44. The number of hydrogen-bond donors (Lipinski definition) is 1. The highest BCUT2D eigenvalue weighted by atomic mass is 16.5. The minimum atomic E-state index is -0.821. The van der Waals surface area contributed by atoms with Gasteiger partial charge in [0.2, 0.25) is 0 Å². The fraction of sp³-hybridized carbons (Fsp3) is 0.471. The van der Waals surface area contributed by atoms with Crippen molar-refractivity contribution in [2.24, 2.45) is 0 Å². The van der Waals surface area contributed by atoms with E-state index < -0.39 is 6.09 Å². The molecule has 3 aromatic heterocycles. The number of carboxylic acid groups (broad SMARTS) is 1. The second-order valence-electron chi connectivity index (χ2n) is 7.25. The van der Waals surface area contributed by atoms with Crippen LogP contribution in [0.5, 0.6) is 5.75 Å². The van der Waals surface area contributed by atoms with Gasteiger partial charge in [0.05, 0.1) is 18.4 Å². The van der Waals surface area contributed by atoms with E-state index in [0.717, 1.165) is 25.7 Å². The molecule has 5 heterocycles. The molecule has 0 saturated carbocycles. The van der Waals surface area contributed by atoms with Crippen molar-refractivity contribution in [3.63, 3.8) is 0 Å². The van der Waals surface area contributed by atoms with Crippen LogP contribution in [0.1, 0.15) is 37.4 Å². The summed E-state index contributed by atoms with van der Waals surface area (Å²) >= 11 is 0. The van der Waals surface area contributed by atoms with Crippen LogP contribution in [0.2, 0.25) is 0 Å². The Labute approximate surface area is 165 Å². The summed E-state index contributed by atoms with van der Waals surface area (Å²) in [6, 6.07) is 3.79. The molecular formula is C17H19N9O3. The zero-order valence-electron chi connectivity index (χ0n) is 15.4. The number of tetrazole rings is 1. The van der Waals surface area contributed by atoms with E-state index in [1.54, 1.807) is 34.2 Å². The topological polar surface area (TPSA) is 137 Å². The maximum absolute atomic E-state index is 11.4. The lowest BCUT2D eigenvalue weighted by Crippen LogP contribution is -2.46. The predicted octanol–water partition coefficient (Wildman–Crippen LogP) is 1.07. The average Bonchev–Trinajstić information content (AvgIpc) is 3.47. The SMILES string of the molecule is O=C(O)N1C2CCC1CC(n1ncc(COc3ccc(-n4cnnn4)nc3)n1)C2. The molecule has 150 valence electrons. The smallest absolute Gasteiger partial charge is 0.407 e. The number of hydrogen-bond acceptors (Lipinski definition) is 8. The van der Waals surface area contributed by atoms with Gasteiger partial charge in [-0.05, 0) is 48.2 Å². The molecule has 0 radical (unpaired) electrons. The number of pyridine rings is 1. The van der Waals surface area contributed by atoms with E-state index >= 15 is 0 Å². The summed E-state index contributed by atoms with van der Waals surface area (Å²) in [5.41, 5.74) is 0.711. The Morgan fingerprint density at radius 3 is 2.66 bits per heavy atom. The van der Waals surface area contributed by atoms with E-state index in [2.05, 4.69) is 30.7 Å². The van der Waals surface area contributed by atoms with Crippen LogP contribution in [-0.4, -0.2) is 68.4 Å². The summed E-state index contributed by atoms with van der Waals surface area (Å²) in [6.45, 7) is 0.271. The van der Waals surface area contributed by atoms with Crippen LogP contribution in [0, 0.1) is 0 Å². The van der Waals surface area contributed by atoms with Gasteiger partial charge in [0, 0.05) is 12.1 Å². The number of aromatic nitrogens is 8. The van der Waals surface area contributed by atoms with Crippen molar-refractivity contribution in [3.05, 3.63) is 36.5 Å². The van der Waals surface area contributed by atoms with E-state index in [-0.39, 0.29) is 24.7 Å². The van der Waals surface area contributed by atoms with Gasteiger partial charge in [-0.25, -0.2) is 9.78 Å². The van der Waals surface area contributed by atoms with E-state index in [1.807, 2.05) is 0 Å². The van der Waals surface area contributed by atoms with E-state index in [9.17, 15) is 9.90 Å². The molecule has 2 saturated heterocycles. The second kappa shape index (κ2) is 7.11. The van der Waals surface area contributed by atoms with Gasteiger partial charge in [0.1, 0.15) is 24.4 Å². The normalized spacial score (nSPS) is 23.3. The molecule has 0 aliphatic carbocycles. The maximum atomic E-state index is 11.4. The van der Waals surface area contributed by atoms with Crippen LogP contribution in [0.4, 0.5) is 4.79 Å². The van der Waals surface area contributed by atoms with E-state index in [0.29, 0.717) is 17.3 Å². The molecule has 2 aliphatic rings. The van der Waals surface area contributed by atoms with Crippen molar-refractivity contribution in [3.8, 4) is 11.6 Å². The number of piperidine rings is 1. The standard InChI is InChI=1S/C17H19N9O3/c27-17(28)25-12-1-2-13(25)6-14(5-12)26-20-7-11(21-26)9-29-15-3-4-16(18-8-15)24-10-19-22-23-24/h3-4,7-8,10,12-14H,1-2,5-6,9H2,(H,27,28). The highest BCUT2D eigenvalue weighted by Crippen LogP contribution is 2.40. The number of rotatable bonds is 5. The van der Waals surface area contributed by atoms with Crippen LogP contribution >= 0.6 is 0 Å². The van der Waals surface area contributed by atoms with E-state index in [1.165, 1.54) is 11.0 Å². The van der Waals surface area contributed by atoms with Gasteiger partial charge >= 0.3 is 6.09 Å². The summed E-state index contributed by atoms with van der Waals surface area (Å²) in [5, 5.41) is 29.2. The summed E-state index contributed by atoms with van der Waals surface area (Å²) in [6.07, 6.45) is 7.26. The van der Waals surface area contributed by atoms with Crippen LogP contribution < -0.4 is 4.74 Å². The molecule has 0 aromatic carbocycles. The second-order valence-corrected chi connectivity index (χ2v) is 7.25. The Bertz CT molecular complexity index is 974. The molecule has 12 heteroatoms. The lowest BCUT2D eigenvalue weighted by molar-refractivity contribution is 0.0813. The van der Waals surface area contributed by atoms with Crippen LogP contribution in [0.15, 0.2) is 30.9 Å². The lowest BCUT2D eigenvalue weighted by atomic mass is 9.98. The number of nitrogens with zero attached hydrogens (tertiary/aromatic N) is 9. The first-order chi connectivity index (χ1) is 14.2. The third kappa shape index (κ3) is 3.37. The molecule has 2 atom stereocenters. The van der Waals surface area contributed by atoms with Crippen molar-refractivity contribution >= 4 is 6.09 Å². The molecule has 2 bridgehead atoms. The van der Waals surface area contributed by atoms with Crippen molar-refractivity contribution in [1.29, 1.82) is 0 Å².